The lowest BCUT2D eigenvalue weighted by molar-refractivity contribution is -0.119. The highest BCUT2D eigenvalue weighted by Gasteiger charge is 2.29. The van der Waals surface area contributed by atoms with Crippen LogP contribution in [0.1, 0.15) is 12.5 Å². The van der Waals surface area contributed by atoms with E-state index in [0.717, 1.165) is 8.78 Å². The molecule has 0 unspecified atom stereocenters. The van der Waals surface area contributed by atoms with E-state index in [0.29, 0.717) is 23.7 Å². The van der Waals surface area contributed by atoms with Crippen LogP contribution in [-0.2, 0) is 14.8 Å². The number of nitrogens with zero attached hydrogens (tertiary/aromatic N) is 2. The molecule has 0 radical (unpaired) electrons. The average Bonchev–Trinajstić information content (AvgIpc) is 2.84. The lowest BCUT2D eigenvalue weighted by atomic mass is 10.2. The smallest absolute Gasteiger partial charge is 0.264 e. The van der Waals surface area contributed by atoms with E-state index in [4.69, 9.17) is 9.47 Å². The van der Waals surface area contributed by atoms with Gasteiger partial charge in [0.15, 0.2) is 0 Å². The summed E-state index contributed by atoms with van der Waals surface area (Å²) in [6.07, 6.45) is 1.42. The number of amides is 1. The van der Waals surface area contributed by atoms with Gasteiger partial charge in [-0.15, -0.1) is 0 Å². The Morgan fingerprint density at radius 1 is 1.06 bits per heavy atom. The maximum atomic E-state index is 13.5. The second kappa shape index (κ2) is 11.7. The first-order chi connectivity index (χ1) is 16.4. The predicted molar refractivity (Wildman–Crippen MR) is 135 cm³/mol. The minimum atomic E-state index is -4.07. The van der Waals surface area contributed by atoms with Gasteiger partial charge in [-0.1, -0.05) is 46.3 Å². The molecule has 0 aromatic heterocycles. The van der Waals surface area contributed by atoms with E-state index < -0.39 is 22.5 Å². The normalized spacial score (nSPS) is 11.3. The molecule has 0 saturated carbocycles. The molecule has 0 aliphatic rings. The Hall–Kier alpha value is -3.37. The fourth-order valence-corrected chi connectivity index (χ4v) is 4.94. The maximum absolute atomic E-state index is 13.5. The first-order valence-electron chi connectivity index (χ1n) is 10.3. The summed E-state index contributed by atoms with van der Waals surface area (Å²) in [6, 6.07) is 19.9. The van der Waals surface area contributed by atoms with Gasteiger partial charge in [0.05, 0.1) is 30.5 Å². The van der Waals surface area contributed by atoms with Crippen LogP contribution in [0.3, 0.4) is 0 Å². The van der Waals surface area contributed by atoms with E-state index in [1.807, 2.05) is 6.07 Å². The van der Waals surface area contributed by atoms with Crippen molar-refractivity contribution in [2.45, 2.75) is 11.8 Å². The van der Waals surface area contributed by atoms with Gasteiger partial charge in [0, 0.05) is 10.0 Å². The first kappa shape index (κ1) is 25.3. The van der Waals surface area contributed by atoms with E-state index in [1.165, 1.54) is 25.5 Å². The summed E-state index contributed by atoms with van der Waals surface area (Å²) in [4.78, 5) is 12.8. The van der Waals surface area contributed by atoms with Gasteiger partial charge < -0.3 is 9.47 Å². The Kier molecular flexibility index (Phi) is 8.67. The van der Waals surface area contributed by atoms with Crippen LogP contribution in [-0.4, -0.2) is 40.8 Å². The van der Waals surface area contributed by atoms with E-state index >= 15 is 0 Å². The molecule has 0 fully saturated rings. The highest BCUT2D eigenvalue weighted by atomic mass is 79.9. The zero-order valence-electron chi connectivity index (χ0n) is 18.6. The molecule has 1 N–H and O–H groups in total. The highest BCUT2D eigenvalue weighted by Crippen LogP contribution is 2.32. The minimum absolute atomic E-state index is 0.0523. The third-order valence-corrected chi connectivity index (χ3v) is 6.90. The second-order valence-electron chi connectivity index (χ2n) is 6.90. The van der Waals surface area contributed by atoms with Crippen LogP contribution in [0.25, 0.3) is 0 Å². The number of para-hydroxylation sites is 2. The molecule has 0 heterocycles. The number of benzene rings is 3. The maximum Gasteiger partial charge on any atom is 0.264 e. The van der Waals surface area contributed by atoms with Gasteiger partial charge in [0.1, 0.15) is 18.0 Å². The lowest BCUT2D eigenvalue weighted by Gasteiger charge is -2.25. The van der Waals surface area contributed by atoms with E-state index in [-0.39, 0.29) is 10.6 Å². The Labute approximate surface area is 207 Å². The third-order valence-electron chi connectivity index (χ3n) is 4.64. The molecular formula is C24H24BrN3O5S. The lowest BCUT2D eigenvalue weighted by Crippen LogP contribution is -2.39. The molecule has 34 heavy (non-hydrogen) atoms. The molecule has 10 heteroatoms. The van der Waals surface area contributed by atoms with Gasteiger partial charge in [-0.3, -0.25) is 9.10 Å². The van der Waals surface area contributed by atoms with Crippen LogP contribution in [0.2, 0.25) is 0 Å². The SMILES string of the molecule is CCOc1ccccc1N(CC(=O)N/N=C\c1cc(Br)ccc1OC)S(=O)(=O)c1ccccc1. The number of hydrogen-bond donors (Lipinski definition) is 1. The Balaban J connectivity index is 1.89. The van der Waals surface area contributed by atoms with Crippen LogP contribution in [0, 0.1) is 0 Å². The average molecular weight is 546 g/mol. The summed E-state index contributed by atoms with van der Waals surface area (Å²) in [6.45, 7) is 1.62. The summed E-state index contributed by atoms with van der Waals surface area (Å²) >= 11 is 3.38. The zero-order valence-corrected chi connectivity index (χ0v) is 21.0. The van der Waals surface area contributed by atoms with Crippen LogP contribution < -0.4 is 19.2 Å². The van der Waals surface area contributed by atoms with Crippen molar-refractivity contribution in [3.63, 3.8) is 0 Å². The van der Waals surface area contributed by atoms with Crippen molar-refractivity contribution < 1.29 is 22.7 Å². The van der Waals surface area contributed by atoms with E-state index in [1.54, 1.807) is 61.5 Å². The van der Waals surface area contributed by atoms with Gasteiger partial charge in [-0.05, 0) is 49.4 Å². The Bertz CT molecular complexity index is 1270. The number of hydrazone groups is 1. The fraction of sp³-hybridized carbons (Fsp3) is 0.167. The van der Waals surface area contributed by atoms with Crippen LogP contribution in [0.15, 0.2) is 87.3 Å². The van der Waals surface area contributed by atoms with Crippen LogP contribution in [0.4, 0.5) is 5.69 Å². The molecule has 3 aromatic rings. The molecule has 1 amide bonds. The molecule has 178 valence electrons. The van der Waals surface area contributed by atoms with Crippen LogP contribution in [0.5, 0.6) is 11.5 Å². The third kappa shape index (κ3) is 6.15. The summed E-state index contributed by atoms with van der Waals surface area (Å²) < 4.78 is 39.7. The van der Waals surface area contributed by atoms with Gasteiger partial charge in [-0.2, -0.15) is 5.10 Å². The van der Waals surface area contributed by atoms with Gasteiger partial charge in [0.25, 0.3) is 15.9 Å². The number of halogens is 1. The molecular weight excluding hydrogens is 522 g/mol. The Morgan fingerprint density at radius 2 is 1.76 bits per heavy atom. The number of methoxy groups -OCH3 is 1. The van der Waals surface area contributed by atoms with Gasteiger partial charge in [-0.25, -0.2) is 13.8 Å². The minimum Gasteiger partial charge on any atom is -0.496 e. The number of carbonyl (C=O) groups is 1. The van der Waals surface area contributed by atoms with Crippen molar-refractivity contribution in [2.24, 2.45) is 5.10 Å². The first-order valence-corrected chi connectivity index (χ1v) is 12.5. The predicted octanol–water partition coefficient (Wildman–Crippen LogP) is 4.20. The van der Waals surface area contributed by atoms with Crippen molar-refractivity contribution >= 4 is 43.8 Å². The van der Waals surface area contributed by atoms with Crippen LogP contribution >= 0.6 is 15.9 Å². The molecule has 0 spiro atoms. The zero-order chi connectivity index (χ0) is 24.6. The highest BCUT2D eigenvalue weighted by molar-refractivity contribution is 9.10. The Morgan fingerprint density at radius 3 is 2.47 bits per heavy atom. The number of nitrogens with one attached hydrogen (secondary N) is 1. The second-order valence-corrected chi connectivity index (χ2v) is 9.68. The molecule has 0 atom stereocenters. The number of anilines is 1. The number of hydrogen-bond acceptors (Lipinski definition) is 6. The molecule has 0 aliphatic heterocycles. The standard InChI is InChI=1S/C24H24BrN3O5S/c1-3-33-23-12-8-7-11-21(23)28(34(30,31)20-9-5-4-6-10-20)17-24(29)27-26-16-18-15-19(25)13-14-22(18)32-2/h4-16H,3,17H2,1-2H3,(H,27,29)/b26-16-. The summed E-state index contributed by atoms with van der Waals surface area (Å²) in [5.74, 6) is 0.288. The van der Waals surface area contributed by atoms with Gasteiger partial charge in [0.2, 0.25) is 0 Å². The topological polar surface area (TPSA) is 97.3 Å². The summed E-state index contributed by atoms with van der Waals surface area (Å²) in [7, 11) is -2.54. The molecule has 3 aromatic carbocycles. The van der Waals surface area contributed by atoms with Gasteiger partial charge >= 0.3 is 0 Å². The summed E-state index contributed by atoms with van der Waals surface area (Å²) in [5, 5.41) is 3.97. The van der Waals surface area contributed by atoms with E-state index in [2.05, 4.69) is 26.5 Å². The quantitative estimate of drug-likeness (QED) is 0.304. The molecule has 0 aliphatic carbocycles. The van der Waals surface area contributed by atoms with E-state index in [9.17, 15) is 13.2 Å². The van der Waals surface area contributed by atoms with Crippen molar-refractivity contribution in [1.82, 2.24) is 5.43 Å². The number of rotatable bonds is 10. The number of ether oxygens (including phenoxy) is 2. The van der Waals surface area contributed by atoms with Crippen molar-refractivity contribution in [2.75, 3.05) is 24.6 Å². The molecule has 0 bridgehead atoms. The van der Waals surface area contributed by atoms with Crippen molar-refractivity contribution in [3.05, 3.63) is 82.8 Å². The monoisotopic (exact) mass is 545 g/mol. The molecule has 0 saturated heterocycles. The number of carbonyl (C=O) groups excluding carboxylic acids is 1. The van der Waals surface area contributed by atoms with Crippen molar-refractivity contribution in [1.29, 1.82) is 0 Å². The fourth-order valence-electron chi connectivity index (χ4n) is 3.11. The van der Waals surface area contributed by atoms with Crippen molar-refractivity contribution in [3.8, 4) is 11.5 Å². The molecule has 3 rings (SSSR count). The summed E-state index contributed by atoms with van der Waals surface area (Å²) in [5.41, 5.74) is 3.27. The molecule has 8 nitrogen and oxygen atoms in total. The number of sulfonamides is 1. The largest absolute Gasteiger partial charge is 0.496 e.